The van der Waals surface area contributed by atoms with E-state index in [0.29, 0.717) is 12.3 Å². The lowest BCUT2D eigenvalue weighted by Gasteiger charge is -2.10. The summed E-state index contributed by atoms with van der Waals surface area (Å²) in [5.74, 6) is 0.696. The van der Waals surface area contributed by atoms with Crippen molar-refractivity contribution in [3.05, 3.63) is 35.5 Å². The van der Waals surface area contributed by atoms with Crippen LogP contribution >= 0.6 is 0 Å². The van der Waals surface area contributed by atoms with Crippen LogP contribution in [0.15, 0.2) is 35.5 Å². The monoisotopic (exact) mass is 234 g/mol. The Balaban J connectivity index is 4.83. The second-order valence-electron chi connectivity index (χ2n) is 4.61. The van der Waals surface area contributed by atoms with Crippen LogP contribution in [0.25, 0.3) is 0 Å². The van der Waals surface area contributed by atoms with Gasteiger partial charge in [0.1, 0.15) is 0 Å². The molecule has 0 aliphatic heterocycles. The van der Waals surface area contributed by atoms with Crippen molar-refractivity contribution in [2.24, 2.45) is 5.92 Å². The molecule has 0 aromatic rings. The lowest BCUT2D eigenvalue weighted by Crippen LogP contribution is -2.08. The molecule has 0 atom stereocenters. The highest BCUT2D eigenvalue weighted by Crippen LogP contribution is 2.19. The van der Waals surface area contributed by atoms with Crippen LogP contribution < -0.4 is 0 Å². The third-order valence-corrected chi connectivity index (χ3v) is 2.65. The standard InChI is InChI=1S/C16H26O/c1-6-9-10-11-14(7-2)15(8-3)16(17)12-13(4)5/h6,8-9,11,13H,7,10,12H2,1-5H3/b9-6-,14-11+,15-8+. The van der Waals surface area contributed by atoms with Gasteiger partial charge in [-0.05, 0) is 38.2 Å². The Hall–Kier alpha value is -1.11. The minimum Gasteiger partial charge on any atom is -0.294 e. The number of hydrogen-bond acceptors (Lipinski definition) is 1. The summed E-state index contributed by atoms with van der Waals surface area (Å²) in [5.41, 5.74) is 2.09. The summed E-state index contributed by atoms with van der Waals surface area (Å²) in [6.45, 7) is 10.2. The van der Waals surface area contributed by atoms with E-state index >= 15 is 0 Å². The second-order valence-corrected chi connectivity index (χ2v) is 4.61. The van der Waals surface area contributed by atoms with Gasteiger partial charge in [-0.25, -0.2) is 0 Å². The van der Waals surface area contributed by atoms with Gasteiger partial charge in [0.15, 0.2) is 5.78 Å². The Kier molecular flexibility index (Phi) is 8.39. The molecule has 0 heterocycles. The van der Waals surface area contributed by atoms with Crippen molar-refractivity contribution in [1.82, 2.24) is 0 Å². The fraction of sp³-hybridized carbons (Fsp3) is 0.562. The Morgan fingerprint density at radius 2 is 1.88 bits per heavy atom. The molecular formula is C16H26O. The summed E-state index contributed by atoms with van der Waals surface area (Å²) in [7, 11) is 0. The zero-order valence-electron chi connectivity index (χ0n) is 11.9. The maximum absolute atomic E-state index is 12.1. The van der Waals surface area contributed by atoms with Crippen molar-refractivity contribution < 1.29 is 4.79 Å². The summed E-state index contributed by atoms with van der Waals surface area (Å²) in [5, 5.41) is 0. The first kappa shape index (κ1) is 15.9. The van der Waals surface area contributed by atoms with Crippen molar-refractivity contribution in [1.29, 1.82) is 0 Å². The van der Waals surface area contributed by atoms with Crippen LogP contribution in [0.4, 0.5) is 0 Å². The number of Topliss-reactive ketones (excluding diaryl/α,β-unsaturated/α-hetero) is 1. The Bertz CT molecular complexity index is 316. The lowest BCUT2D eigenvalue weighted by molar-refractivity contribution is -0.116. The first-order valence-electron chi connectivity index (χ1n) is 6.56. The van der Waals surface area contributed by atoms with Crippen molar-refractivity contribution in [3.63, 3.8) is 0 Å². The normalized spacial score (nSPS) is 13.8. The summed E-state index contributed by atoms with van der Waals surface area (Å²) < 4.78 is 0. The fourth-order valence-electron chi connectivity index (χ4n) is 1.80. The summed E-state index contributed by atoms with van der Waals surface area (Å²) in [4.78, 5) is 12.1. The van der Waals surface area contributed by atoms with Gasteiger partial charge in [-0.1, -0.05) is 45.1 Å². The van der Waals surface area contributed by atoms with Gasteiger partial charge in [0.25, 0.3) is 0 Å². The fourth-order valence-corrected chi connectivity index (χ4v) is 1.80. The minimum absolute atomic E-state index is 0.274. The molecule has 0 spiro atoms. The first-order valence-corrected chi connectivity index (χ1v) is 6.56. The van der Waals surface area contributed by atoms with E-state index in [1.807, 2.05) is 26.0 Å². The van der Waals surface area contributed by atoms with E-state index in [4.69, 9.17) is 0 Å². The summed E-state index contributed by atoms with van der Waals surface area (Å²) in [6, 6.07) is 0. The van der Waals surface area contributed by atoms with Crippen molar-refractivity contribution in [2.75, 3.05) is 0 Å². The van der Waals surface area contributed by atoms with Crippen molar-refractivity contribution in [3.8, 4) is 0 Å². The predicted molar refractivity (Wildman–Crippen MR) is 76.0 cm³/mol. The molecule has 0 N–H and O–H groups in total. The largest absolute Gasteiger partial charge is 0.294 e. The smallest absolute Gasteiger partial charge is 0.163 e. The van der Waals surface area contributed by atoms with Gasteiger partial charge in [0.05, 0.1) is 0 Å². The zero-order chi connectivity index (χ0) is 13.3. The average Bonchev–Trinajstić information content (AvgIpc) is 2.27. The van der Waals surface area contributed by atoms with E-state index in [2.05, 4.69) is 32.9 Å². The van der Waals surface area contributed by atoms with E-state index in [-0.39, 0.29) is 5.78 Å². The van der Waals surface area contributed by atoms with Gasteiger partial charge in [-0.3, -0.25) is 4.79 Å². The van der Waals surface area contributed by atoms with Gasteiger partial charge < -0.3 is 0 Å². The summed E-state index contributed by atoms with van der Waals surface area (Å²) >= 11 is 0. The highest BCUT2D eigenvalue weighted by Gasteiger charge is 2.13. The van der Waals surface area contributed by atoms with E-state index in [0.717, 1.165) is 18.4 Å². The van der Waals surface area contributed by atoms with Gasteiger partial charge >= 0.3 is 0 Å². The van der Waals surface area contributed by atoms with Crippen LogP contribution in [-0.4, -0.2) is 5.78 Å². The lowest BCUT2D eigenvalue weighted by atomic mass is 9.93. The average molecular weight is 234 g/mol. The van der Waals surface area contributed by atoms with Crippen LogP contribution in [-0.2, 0) is 4.79 Å². The molecule has 0 saturated carbocycles. The SMILES string of the molecule is C/C=C\C/C=C(CC)/C(=C\C)C(=O)CC(C)C. The van der Waals surface area contributed by atoms with E-state index in [1.165, 1.54) is 5.57 Å². The Morgan fingerprint density at radius 3 is 2.29 bits per heavy atom. The topological polar surface area (TPSA) is 17.1 Å². The number of carbonyl (C=O) groups is 1. The summed E-state index contributed by atoms with van der Waals surface area (Å²) in [6.07, 6.45) is 10.7. The van der Waals surface area contributed by atoms with Crippen LogP contribution in [0, 0.1) is 5.92 Å². The Morgan fingerprint density at radius 1 is 1.24 bits per heavy atom. The third-order valence-electron chi connectivity index (χ3n) is 2.65. The highest BCUT2D eigenvalue weighted by atomic mass is 16.1. The van der Waals surface area contributed by atoms with E-state index in [1.54, 1.807) is 0 Å². The first-order chi connectivity index (χ1) is 8.06. The molecule has 0 amide bonds. The molecule has 0 saturated heterocycles. The maximum atomic E-state index is 12.1. The van der Waals surface area contributed by atoms with E-state index < -0.39 is 0 Å². The van der Waals surface area contributed by atoms with Crippen LogP contribution in [0.2, 0.25) is 0 Å². The number of allylic oxidation sites excluding steroid dienone is 6. The molecule has 1 nitrogen and oxygen atoms in total. The van der Waals surface area contributed by atoms with Crippen LogP contribution in [0.3, 0.4) is 0 Å². The highest BCUT2D eigenvalue weighted by molar-refractivity contribution is 5.99. The molecule has 0 aromatic carbocycles. The number of ketones is 1. The molecule has 0 rings (SSSR count). The van der Waals surface area contributed by atoms with E-state index in [9.17, 15) is 4.79 Å². The molecule has 0 aliphatic carbocycles. The zero-order valence-corrected chi connectivity index (χ0v) is 11.9. The van der Waals surface area contributed by atoms with Crippen LogP contribution in [0.5, 0.6) is 0 Å². The molecule has 0 fully saturated rings. The molecule has 0 aliphatic rings. The molecule has 17 heavy (non-hydrogen) atoms. The molecular weight excluding hydrogens is 208 g/mol. The molecule has 0 aromatic heterocycles. The van der Waals surface area contributed by atoms with Crippen LogP contribution in [0.1, 0.15) is 53.9 Å². The molecule has 0 bridgehead atoms. The van der Waals surface area contributed by atoms with Gasteiger partial charge in [0, 0.05) is 12.0 Å². The minimum atomic E-state index is 0.274. The number of carbonyl (C=O) groups excluding carboxylic acids is 1. The molecule has 0 unspecified atom stereocenters. The third kappa shape index (κ3) is 6.25. The maximum Gasteiger partial charge on any atom is 0.163 e. The number of rotatable bonds is 7. The van der Waals surface area contributed by atoms with Gasteiger partial charge in [0.2, 0.25) is 0 Å². The predicted octanol–water partition coefficient (Wildman–Crippen LogP) is 4.85. The van der Waals surface area contributed by atoms with Crippen molar-refractivity contribution >= 4 is 5.78 Å². The Labute approximate surface area is 106 Å². The van der Waals surface area contributed by atoms with Gasteiger partial charge in [-0.2, -0.15) is 0 Å². The molecule has 96 valence electrons. The molecule has 0 radical (unpaired) electrons. The quantitative estimate of drug-likeness (QED) is 0.349. The van der Waals surface area contributed by atoms with Crippen molar-refractivity contribution in [2.45, 2.75) is 53.9 Å². The number of hydrogen-bond donors (Lipinski definition) is 0. The molecule has 1 heteroatoms. The second kappa shape index (κ2) is 8.98. The van der Waals surface area contributed by atoms with Gasteiger partial charge in [-0.15, -0.1) is 0 Å².